The Balaban J connectivity index is 1.46. The van der Waals surface area contributed by atoms with Crippen molar-refractivity contribution in [1.82, 2.24) is 5.32 Å². The molecule has 222 valence electrons. The van der Waals surface area contributed by atoms with Crippen LogP contribution in [0.15, 0.2) is 12.2 Å². The topological polar surface area (TPSA) is 84.6 Å². The minimum Gasteiger partial charge on any atom is -0.393 e. The van der Waals surface area contributed by atoms with Crippen molar-refractivity contribution in [3.05, 3.63) is 12.2 Å². The smallest absolute Gasteiger partial charge is 0.226 e. The van der Waals surface area contributed by atoms with Crippen LogP contribution in [0.2, 0.25) is 0 Å². The van der Waals surface area contributed by atoms with Crippen LogP contribution >= 0.6 is 0 Å². The molecule has 5 saturated carbocycles. The van der Waals surface area contributed by atoms with E-state index in [-0.39, 0.29) is 39.1 Å². The zero-order valence-electron chi connectivity index (χ0n) is 25.9. The molecule has 4 N–H and O–H groups in total. The van der Waals surface area contributed by atoms with Crippen LogP contribution in [-0.2, 0) is 9.53 Å². The van der Waals surface area contributed by atoms with Crippen LogP contribution in [0.4, 0.5) is 0 Å². The molecule has 0 aromatic carbocycles. The van der Waals surface area contributed by atoms with Crippen LogP contribution in [0.5, 0.6) is 0 Å². The molecular weight excluding hydrogens is 484 g/mol. The van der Waals surface area contributed by atoms with Gasteiger partial charge in [-0.25, -0.2) is 0 Å². The summed E-state index contributed by atoms with van der Waals surface area (Å²) in [4.78, 5) is 14.0. The number of hydrogen-bond donors (Lipinski definition) is 3. The first-order valence-corrected chi connectivity index (χ1v) is 16.2. The summed E-state index contributed by atoms with van der Waals surface area (Å²) in [5.74, 6) is 2.90. The van der Waals surface area contributed by atoms with E-state index in [1.807, 2.05) is 0 Å². The Morgan fingerprint density at radius 3 is 2.36 bits per heavy atom. The quantitative estimate of drug-likeness (QED) is 0.268. The molecule has 5 aliphatic carbocycles. The molecule has 0 heterocycles. The second-order valence-corrected chi connectivity index (χ2v) is 15.9. The van der Waals surface area contributed by atoms with Gasteiger partial charge in [0.15, 0.2) is 0 Å². The zero-order valence-corrected chi connectivity index (χ0v) is 25.9. The molecule has 5 aliphatic rings. The number of fused-ring (bicyclic) bond motifs is 7. The maximum atomic E-state index is 14.0. The molecule has 0 saturated heterocycles. The van der Waals surface area contributed by atoms with Crippen molar-refractivity contribution in [2.75, 3.05) is 26.3 Å². The Morgan fingerprint density at radius 1 is 0.923 bits per heavy atom. The van der Waals surface area contributed by atoms with Gasteiger partial charge in [0.05, 0.1) is 24.7 Å². The van der Waals surface area contributed by atoms with Crippen molar-refractivity contribution < 1.29 is 14.6 Å². The summed E-state index contributed by atoms with van der Waals surface area (Å²) in [6.45, 7) is 21.4. The summed E-state index contributed by atoms with van der Waals surface area (Å²) in [5.41, 5.74) is 7.31. The fraction of sp³-hybridized carbons (Fsp3) is 0.912. The zero-order chi connectivity index (χ0) is 28.4. The third-order valence-corrected chi connectivity index (χ3v) is 14.3. The normalized spacial score (nSPS) is 48.3. The highest BCUT2D eigenvalue weighted by molar-refractivity contribution is 5.83. The minimum absolute atomic E-state index is 0.0176. The van der Waals surface area contributed by atoms with Crippen molar-refractivity contribution >= 4 is 5.91 Å². The van der Waals surface area contributed by atoms with Gasteiger partial charge >= 0.3 is 0 Å². The maximum absolute atomic E-state index is 14.0. The molecule has 5 fully saturated rings. The highest BCUT2D eigenvalue weighted by Crippen LogP contribution is 2.77. The molecule has 0 aromatic rings. The number of allylic oxidation sites excluding steroid dienone is 1. The SMILES string of the molecule is C=C(C)[C@@H]1CC[C@]2(C(=O)NCCOCCN)CC[C@]3(C)C(CC[C@@H]4[C@@]5(C)CC[C@H](O)C(C)(C)[C@@H]5CC[C@]43C)[C@H]12. The van der Waals surface area contributed by atoms with E-state index in [2.05, 4.69) is 53.4 Å². The van der Waals surface area contributed by atoms with Crippen LogP contribution in [-0.4, -0.2) is 43.4 Å². The Labute approximate surface area is 238 Å². The van der Waals surface area contributed by atoms with Gasteiger partial charge in [-0.1, -0.05) is 46.8 Å². The molecule has 0 aliphatic heterocycles. The second kappa shape index (κ2) is 10.1. The van der Waals surface area contributed by atoms with Gasteiger partial charge in [-0.2, -0.15) is 0 Å². The van der Waals surface area contributed by atoms with Crippen LogP contribution in [0.25, 0.3) is 0 Å². The standard InChI is InChI=1S/C34H58N2O3/c1-22(2)23-10-15-34(29(38)36-19-21-39-20-18-35)17-16-32(6)24(28(23)34)8-9-26-31(5)13-12-27(37)30(3,4)25(31)11-14-33(26,32)7/h23-28,37H,1,8-21,35H2,2-7H3,(H,36,38)/t23-,24?,25-,26+,27-,28-,31-,32+,33+,34-/m0/s1. The largest absolute Gasteiger partial charge is 0.393 e. The fourth-order valence-corrected chi connectivity index (χ4v) is 12.1. The van der Waals surface area contributed by atoms with Gasteiger partial charge in [-0.15, -0.1) is 0 Å². The van der Waals surface area contributed by atoms with Gasteiger partial charge in [-0.3, -0.25) is 4.79 Å². The lowest BCUT2D eigenvalue weighted by atomic mass is 9.32. The van der Waals surface area contributed by atoms with Crippen molar-refractivity contribution in [3.63, 3.8) is 0 Å². The van der Waals surface area contributed by atoms with E-state index in [0.29, 0.717) is 55.9 Å². The lowest BCUT2D eigenvalue weighted by Crippen LogP contribution is -2.67. The Kier molecular flexibility index (Phi) is 7.68. The van der Waals surface area contributed by atoms with Crippen LogP contribution in [0, 0.1) is 56.7 Å². The molecule has 1 amide bonds. The van der Waals surface area contributed by atoms with Gasteiger partial charge in [0.1, 0.15) is 0 Å². The average Bonchev–Trinajstić information content (AvgIpc) is 3.28. The monoisotopic (exact) mass is 542 g/mol. The molecule has 0 aromatic heterocycles. The first-order valence-electron chi connectivity index (χ1n) is 16.2. The van der Waals surface area contributed by atoms with Crippen LogP contribution < -0.4 is 11.1 Å². The number of carbonyl (C=O) groups excluding carboxylic acids is 1. The summed E-state index contributed by atoms with van der Waals surface area (Å²) in [7, 11) is 0. The van der Waals surface area contributed by atoms with E-state index in [0.717, 1.165) is 38.5 Å². The van der Waals surface area contributed by atoms with E-state index in [1.54, 1.807) is 0 Å². The summed E-state index contributed by atoms with van der Waals surface area (Å²) in [6, 6.07) is 0. The van der Waals surface area contributed by atoms with Gasteiger partial charge in [-0.05, 0) is 122 Å². The second-order valence-electron chi connectivity index (χ2n) is 15.9. The Morgan fingerprint density at radius 2 is 1.67 bits per heavy atom. The number of aliphatic hydroxyl groups excluding tert-OH is 1. The van der Waals surface area contributed by atoms with E-state index < -0.39 is 0 Å². The van der Waals surface area contributed by atoms with E-state index in [9.17, 15) is 9.90 Å². The number of ether oxygens (including phenoxy) is 1. The van der Waals surface area contributed by atoms with Gasteiger partial charge in [0, 0.05) is 13.1 Å². The third-order valence-electron chi connectivity index (χ3n) is 14.3. The fourth-order valence-electron chi connectivity index (χ4n) is 12.1. The van der Waals surface area contributed by atoms with Crippen molar-refractivity contribution in [3.8, 4) is 0 Å². The van der Waals surface area contributed by atoms with Gasteiger partial charge in [0.25, 0.3) is 0 Å². The summed E-state index contributed by atoms with van der Waals surface area (Å²) in [5, 5.41) is 14.3. The molecule has 1 unspecified atom stereocenters. The lowest BCUT2D eigenvalue weighted by Gasteiger charge is -2.72. The van der Waals surface area contributed by atoms with Crippen molar-refractivity contribution in [2.24, 2.45) is 62.4 Å². The molecular formula is C34H58N2O3. The first-order chi connectivity index (χ1) is 18.3. The molecule has 0 spiro atoms. The van der Waals surface area contributed by atoms with Gasteiger partial charge in [0.2, 0.25) is 5.91 Å². The van der Waals surface area contributed by atoms with Crippen molar-refractivity contribution in [2.45, 2.75) is 112 Å². The molecule has 5 nitrogen and oxygen atoms in total. The van der Waals surface area contributed by atoms with E-state index >= 15 is 0 Å². The number of nitrogens with two attached hydrogens (primary N) is 1. The summed E-state index contributed by atoms with van der Waals surface area (Å²) < 4.78 is 5.57. The number of nitrogens with one attached hydrogen (secondary N) is 1. The predicted molar refractivity (Wildman–Crippen MR) is 158 cm³/mol. The number of rotatable bonds is 7. The number of amides is 1. The minimum atomic E-state index is -0.275. The number of hydrogen-bond acceptors (Lipinski definition) is 4. The molecule has 0 radical (unpaired) electrons. The Hall–Kier alpha value is -0.910. The summed E-state index contributed by atoms with van der Waals surface area (Å²) in [6.07, 6.45) is 11.1. The van der Waals surface area contributed by atoms with Crippen molar-refractivity contribution in [1.29, 1.82) is 0 Å². The van der Waals surface area contributed by atoms with E-state index in [1.165, 1.54) is 31.3 Å². The molecule has 5 heteroatoms. The first kappa shape index (κ1) is 29.6. The van der Waals surface area contributed by atoms with Crippen LogP contribution in [0.1, 0.15) is 106 Å². The number of carbonyl (C=O) groups is 1. The Bertz CT molecular complexity index is 964. The number of aliphatic hydroxyl groups is 1. The highest BCUT2D eigenvalue weighted by Gasteiger charge is 2.71. The highest BCUT2D eigenvalue weighted by atomic mass is 16.5. The van der Waals surface area contributed by atoms with Gasteiger partial charge < -0.3 is 20.9 Å². The van der Waals surface area contributed by atoms with Crippen LogP contribution in [0.3, 0.4) is 0 Å². The molecule has 39 heavy (non-hydrogen) atoms. The average molecular weight is 543 g/mol. The molecule has 0 bridgehead atoms. The predicted octanol–water partition coefficient (Wildman–Crippen LogP) is 6.10. The van der Waals surface area contributed by atoms with E-state index in [4.69, 9.17) is 10.5 Å². The summed E-state index contributed by atoms with van der Waals surface area (Å²) >= 11 is 0. The lowest BCUT2D eigenvalue weighted by molar-refractivity contribution is -0.246. The maximum Gasteiger partial charge on any atom is 0.226 e. The molecule has 10 atom stereocenters. The third kappa shape index (κ3) is 4.14. The molecule has 5 rings (SSSR count).